The minimum Gasteiger partial charge on any atom is -0.496 e. The van der Waals surface area contributed by atoms with Gasteiger partial charge in [-0.15, -0.1) is 0 Å². The molecular weight excluding hydrogens is 340 g/mol. The van der Waals surface area contributed by atoms with Gasteiger partial charge in [0.05, 0.1) is 19.3 Å². The molecule has 0 aliphatic heterocycles. The Balaban J connectivity index is 1.59. The zero-order chi connectivity index (χ0) is 17.8. The highest BCUT2D eigenvalue weighted by molar-refractivity contribution is 6.31. The number of carbonyl (C=O) groups excluding carboxylic acids is 1. The molecule has 2 N–H and O–H groups in total. The third-order valence-corrected chi connectivity index (χ3v) is 4.25. The standard InChI is InChI=1S/C18H19ClN4O2/c1-12-5-3-8-17-22-13(11-23(12)17)9-20-18(24)21-10-14-15(19)6-4-7-16(14)25-2/h3-8,11H,9-10H2,1-2H3,(H2,20,21,24). The van der Waals surface area contributed by atoms with Crippen molar-refractivity contribution in [1.82, 2.24) is 20.0 Å². The van der Waals surface area contributed by atoms with E-state index in [1.807, 2.05) is 35.7 Å². The molecule has 25 heavy (non-hydrogen) atoms. The average molecular weight is 359 g/mol. The topological polar surface area (TPSA) is 67.7 Å². The van der Waals surface area contributed by atoms with Crippen LogP contribution in [0, 0.1) is 6.92 Å². The Hall–Kier alpha value is -2.73. The number of hydrogen-bond acceptors (Lipinski definition) is 3. The summed E-state index contributed by atoms with van der Waals surface area (Å²) >= 11 is 6.16. The number of pyridine rings is 1. The van der Waals surface area contributed by atoms with E-state index >= 15 is 0 Å². The predicted molar refractivity (Wildman–Crippen MR) is 97.0 cm³/mol. The maximum absolute atomic E-state index is 12.0. The summed E-state index contributed by atoms with van der Waals surface area (Å²) in [5.74, 6) is 0.642. The molecule has 2 heterocycles. The van der Waals surface area contributed by atoms with Gasteiger partial charge in [0.2, 0.25) is 0 Å². The summed E-state index contributed by atoms with van der Waals surface area (Å²) in [5.41, 5.74) is 3.48. The second-order valence-electron chi connectivity index (χ2n) is 5.58. The van der Waals surface area contributed by atoms with Crippen LogP contribution >= 0.6 is 11.6 Å². The molecule has 2 amide bonds. The number of ether oxygens (including phenoxy) is 1. The Bertz CT molecular complexity index is 907. The summed E-state index contributed by atoms with van der Waals surface area (Å²) in [5, 5.41) is 6.13. The van der Waals surface area contributed by atoms with Gasteiger partial charge in [0, 0.05) is 29.0 Å². The van der Waals surface area contributed by atoms with Crippen molar-refractivity contribution in [1.29, 1.82) is 0 Å². The molecule has 0 spiro atoms. The average Bonchev–Trinajstić information content (AvgIpc) is 3.03. The van der Waals surface area contributed by atoms with E-state index in [1.165, 1.54) is 0 Å². The van der Waals surface area contributed by atoms with E-state index in [-0.39, 0.29) is 12.6 Å². The van der Waals surface area contributed by atoms with Crippen LogP contribution < -0.4 is 15.4 Å². The number of rotatable bonds is 5. The van der Waals surface area contributed by atoms with Crippen LogP contribution in [0.3, 0.4) is 0 Å². The van der Waals surface area contributed by atoms with Crippen molar-refractivity contribution in [3.05, 3.63) is 64.6 Å². The molecule has 0 aliphatic rings. The van der Waals surface area contributed by atoms with Crippen LogP contribution in [0.4, 0.5) is 4.79 Å². The lowest BCUT2D eigenvalue weighted by atomic mass is 10.2. The van der Waals surface area contributed by atoms with Crippen molar-refractivity contribution in [2.75, 3.05) is 7.11 Å². The first-order valence-electron chi connectivity index (χ1n) is 7.85. The fraction of sp³-hybridized carbons (Fsp3) is 0.222. The first-order chi connectivity index (χ1) is 12.1. The van der Waals surface area contributed by atoms with Crippen LogP contribution in [-0.4, -0.2) is 22.5 Å². The zero-order valence-corrected chi connectivity index (χ0v) is 14.8. The Labute approximate surface area is 150 Å². The minimum absolute atomic E-state index is 0.277. The van der Waals surface area contributed by atoms with Gasteiger partial charge in [-0.1, -0.05) is 23.7 Å². The number of hydrogen-bond donors (Lipinski definition) is 2. The summed E-state index contributed by atoms with van der Waals surface area (Å²) in [6.07, 6.45) is 1.92. The highest BCUT2D eigenvalue weighted by Gasteiger charge is 2.10. The molecule has 0 saturated carbocycles. The van der Waals surface area contributed by atoms with Gasteiger partial charge in [0.25, 0.3) is 0 Å². The molecule has 0 saturated heterocycles. The largest absolute Gasteiger partial charge is 0.496 e. The molecule has 1 aromatic carbocycles. The van der Waals surface area contributed by atoms with E-state index in [2.05, 4.69) is 15.6 Å². The number of aryl methyl sites for hydroxylation is 1. The molecule has 130 valence electrons. The molecule has 0 fully saturated rings. The highest BCUT2D eigenvalue weighted by atomic mass is 35.5. The Morgan fingerprint density at radius 3 is 2.72 bits per heavy atom. The van der Waals surface area contributed by atoms with E-state index in [9.17, 15) is 4.79 Å². The van der Waals surface area contributed by atoms with Gasteiger partial charge < -0.3 is 19.8 Å². The van der Waals surface area contributed by atoms with Crippen LogP contribution in [0.5, 0.6) is 5.75 Å². The normalized spacial score (nSPS) is 10.7. The number of halogens is 1. The van der Waals surface area contributed by atoms with E-state index in [0.717, 1.165) is 22.6 Å². The van der Waals surface area contributed by atoms with Gasteiger partial charge in [0.1, 0.15) is 11.4 Å². The van der Waals surface area contributed by atoms with Crippen molar-refractivity contribution in [2.24, 2.45) is 0 Å². The van der Waals surface area contributed by atoms with Gasteiger partial charge in [-0.25, -0.2) is 9.78 Å². The molecule has 0 bridgehead atoms. The van der Waals surface area contributed by atoms with Crippen molar-refractivity contribution < 1.29 is 9.53 Å². The molecule has 7 heteroatoms. The van der Waals surface area contributed by atoms with Crippen molar-refractivity contribution in [3.8, 4) is 5.75 Å². The third-order valence-electron chi connectivity index (χ3n) is 3.90. The third kappa shape index (κ3) is 3.85. The number of aromatic nitrogens is 2. The predicted octanol–water partition coefficient (Wildman–Crippen LogP) is 3.30. The molecule has 0 aliphatic carbocycles. The Kier molecular flexibility index (Phi) is 5.09. The number of benzene rings is 1. The minimum atomic E-state index is -0.296. The second-order valence-corrected chi connectivity index (χ2v) is 5.99. The summed E-state index contributed by atoms with van der Waals surface area (Å²) in [6.45, 7) is 2.63. The highest BCUT2D eigenvalue weighted by Crippen LogP contribution is 2.25. The van der Waals surface area contributed by atoms with E-state index in [4.69, 9.17) is 16.3 Å². The summed E-state index contributed by atoms with van der Waals surface area (Å²) < 4.78 is 7.25. The van der Waals surface area contributed by atoms with Gasteiger partial charge in [-0.3, -0.25) is 0 Å². The van der Waals surface area contributed by atoms with Gasteiger partial charge in [-0.2, -0.15) is 0 Å². The molecule has 2 aromatic heterocycles. The quantitative estimate of drug-likeness (QED) is 0.735. The molecule has 0 unspecified atom stereocenters. The summed E-state index contributed by atoms with van der Waals surface area (Å²) in [6, 6.07) is 11.0. The zero-order valence-electron chi connectivity index (χ0n) is 14.0. The number of carbonyl (C=O) groups is 1. The fourth-order valence-corrected chi connectivity index (χ4v) is 2.82. The van der Waals surface area contributed by atoms with Crippen LogP contribution in [0.1, 0.15) is 17.0 Å². The van der Waals surface area contributed by atoms with Crippen LogP contribution in [-0.2, 0) is 13.1 Å². The monoisotopic (exact) mass is 358 g/mol. The number of urea groups is 1. The molecule has 3 rings (SSSR count). The second kappa shape index (κ2) is 7.44. The molecule has 3 aromatic rings. The van der Waals surface area contributed by atoms with E-state index in [0.29, 0.717) is 17.3 Å². The fourth-order valence-electron chi connectivity index (χ4n) is 2.59. The molecule has 0 radical (unpaired) electrons. The number of methoxy groups -OCH3 is 1. The van der Waals surface area contributed by atoms with Gasteiger partial charge >= 0.3 is 6.03 Å². The summed E-state index contributed by atoms with van der Waals surface area (Å²) in [4.78, 5) is 16.5. The van der Waals surface area contributed by atoms with Gasteiger partial charge in [0.15, 0.2) is 0 Å². The molecule has 0 atom stereocenters. The Morgan fingerprint density at radius 2 is 1.96 bits per heavy atom. The maximum Gasteiger partial charge on any atom is 0.315 e. The molecule has 6 nitrogen and oxygen atoms in total. The lowest BCUT2D eigenvalue weighted by Crippen LogP contribution is -2.34. The SMILES string of the molecule is COc1cccc(Cl)c1CNC(=O)NCc1cn2c(C)cccc2n1. The van der Waals surface area contributed by atoms with Crippen LogP contribution in [0.15, 0.2) is 42.6 Å². The summed E-state index contributed by atoms with van der Waals surface area (Å²) in [7, 11) is 1.57. The molecular formula is C18H19ClN4O2. The first kappa shape index (κ1) is 17.1. The van der Waals surface area contributed by atoms with E-state index < -0.39 is 0 Å². The maximum atomic E-state index is 12.0. The Morgan fingerprint density at radius 1 is 1.20 bits per heavy atom. The van der Waals surface area contributed by atoms with Crippen molar-refractivity contribution >= 4 is 23.3 Å². The van der Waals surface area contributed by atoms with Gasteiger partial charge in [-0.05, 0) is 31.2 Å². The number of amides is 2. The lowest BCUT2D eigenvalue weighted by molar-refractivity contribution is 0.240. The lowest BCUT2D eigenvalue weighted by Gasteiger charge is -2.11. The number of nitrogens with one attached hydrogen (secondary N) is 2. The first-order valence-corrected chi connectivity index (χ1v) is 8.23. The number of imidazole rings is 1. The smallest absolute Gasteiger partial charge is 0.315 e. The van der Waals surface area contributed by atoms with Crippen LogP contribution in [0.25, 0.3) is 5.65 Å². The van der Waals surface area contributed by atoms with Crippen LogP contribution in [0.2, 0.25) is 5.02 Å². The number of fused-ring (bicyclic) bond motifs is 1. The van der Waals surface area contributed by atoms with Crippen molar-refractivity contribution in [2.45, 2.75) is 20.0 Å². The van der Waals surface area contributed by atoms with E-state index in [1.54, 1.807) is 25.3 Å². The van der Waals surface area contributed by atoms with Crippen molar-refractivity contribution in [3.63, 3.8) is 0 Å². The number of nitrogens with zero attached hydrogens (tertiary/aromatic N) is 2.